The van der Waals surface area contributed by atoms with Crippen molar-refractivity contribution in [3.05, 3.63) is 5.28 Å². The Bertz CT molecular complexity index is 443. The van der Waals surface area contributed by atoms with Gasteiger partial charge in [-0.15, -0.1) is 0 Å². The van der Waals surface area contributed by atoms with Crippen molar-refractivity contribution in [1.82, 2.24) is 15.0 Å². The molecule has 4 rings (SSSR count). The average molecular weight is 252 g/mol. The van der Waals surface area contributed by atoms with Gasteiger partial charge in [-0.1, -0.05) is 0 Å². The second kappa shape index (κ2) is 3.22. The lowest BCUT2D eigenvalue weighted by Gasteiger charge is -2.10. The molecule has 3 fully saturated rings. The summed E-state index contributed by atoms with van der Waals surface area (Å²) in [4.78, 5) is 11.9. The Balaban J connectivity index is 1.52. The second-order valence-electron chi connectivity index (χ2n) is 5.44. The molecule has 17 heavy (non-hydrogen) atoms. The first-order valence-corrected chi connectivity index (χ1v) is 6.54. The van der Waals surface area contributed by atoms with Gasteiger partial charge in [-0.2, -0.15) is 15.0 Å². The van der Waals surface area contributed by atoms with Crippen LogP contribution in [0, 0.1) is 23.7 Å². The van der Waals surface area contributed by atoms with Gasteiger partial charge in [0.2, 0.25) is 17.2 Å². The number of halogens is 1. The third kappa shape index (κ3) is 1.41. The normalized spacial score (nSPS) is 41.4. The summed E-state index contributed by atoms with van der Waals surface area (Å²) in [5.74, 6) is 4.24. The molecule has 3 aliphatic carbocycles. The van der Waals surface area contributed by atoms with E-state index in [4.69, 9.17) is 17.3 Å². The second-order valence-corrected chi connectivity index (χ2v) is 5.78. The number of nitrogen functional groups attached to an aromatic ring is 1. The fourth-order valence-corrected chi connectivity index (χ4v) is 4.26. The molecule has 1 aromatic heterocycles. The molecule has 0 spiro atoms. The predicted octanol–water partition coefficient (Wildman–Crippen LogP) is 1.56. The zero-order valence-electron chi connectivity index (χ0n) is 9.31. The summed E-state index contributed by atoms with van der Waals surface area (Å²) in [5, 5.41) is 3.53. The van der Waals surface area contributed by atoms with Crippen LogP contribution in [-0.2, 0) is 0 Å². The van der Waals surface area contributed by atoms with Gasteiger partial charge in [0.25, 0.3) is 0 Å². The Kier molecular flexibility index (Phi) is 1.87. The van der Waals surface area contributed by atoms with Gasteiger partial charge in [-0.3, -0.25) is 0 Å². The lowest BCUT2D eigenvalue weighted by molar-refractivity contribution is 0.456. The summed E-state index contributed by atoms with van der Waals surface area (Å²) >= 11 is 5.76. The number of nitrogens with zero attached hydrogens (tertiary/aromatic N) is 3. The van der Waals surface area contributed by atoms with Gasteiger partial charge in [0.15, 0.2) is 0 Å². The van der Waals surface area contributed by atoms with Crippen molar-refractivity contribution in [3.8, 4) is 0 Å². The molecule has 4 unspecified atom stereocenters. The van der Waals surface area contributed by atoms with Crippen LogP contribution in [0.2, 0.25) is 5.28 Å². The smallest absolute Gasteiger partial charge is 0.229 e. The van der Waals surface area contributed by atoms with Crippen molar-refractivity contribution in [2.24, 2.45) is 23.7 Å². The van der Waals surface area contributed by atoms with Crippen LogP contribution in [-0.4, -0.2) is 21.0 Å². The van der Waals surface area contributed by atoms with Crippen LogP contribution in [0.5, 0.6) is 0 Å². The van der Waals surface area contributed by atoms with Gasteiger partial charge in [-0.05, 0) is 54.5 Å². The van der Waals surface area contributed by atoms with E-state index in [9.17, 15) is 0 Å². The van der Waals surface area contributed by atoms with Crippen molar-refractivity contribution >= 4 is 23.5 Å². The van der Waals surface area contributed by atoms with Crippen LogP contribution >= 0.6 is 11.6 Å². The molecule has 4 atom stereocenters. The molecule has 5 nitrogen and oxygen atoms in total. The maximum absolute atomic E-state index is 5.76. The van der Waals surface area contributed by atoms with Gasteiger partial charge < -0.3 is 11.1 Å². The molecule has 0 radical (unpaired) electrons. The van der Waals surface area contributed by atoms with Gasteiger partial charge in [-0.25, -0.2) is 0 Å². The highest BCUT2D eigenvalue weighted by Crippen LogP contribution is 2.66. The van der Waals surface area contributed by atoms with E-state index in [-0.39, 0.29) is 11.2 Å². The first kappa shape index (κ1) is 9.88. The Morgan fingerprint density at radius 1 is 1.12 bits per heavy atom. The van der Waals surface area contributed by atoms with E-state index in [2.05, 4.69) is 20.3 Å². The van der Waals surface area contributed by atoms with E-state index in [0.717, 1.165) is 23.7 Å². The highest BCUT2D eigenvalue weighted by atomic mass is 35.5. The van der Waals surface area contributed by atoms with Gasteiger partial charge >= 0.3 is 0 Å². The molecule has 0 amide bonds. The van der Waals surface area contributed by atoms with Crippen LogP contribution in [0.3, 0.4) is 0 Å². The largest absolute Gasteiger partial charge is 0.368 e. The standard InChI is InChI=1S/C11H14ClN5/c12-9-15-10(13)17-11(16-9)14-8-6-4-1-2-5(3-4)7(6)8/h4-8H,1-3H2,(H3,13,14,15,16,17). The molecule has 0 aromatic carbocycles. The SMILES string of the molecule is Nc1nc(Cl)nc(NC2C3C4CCC(C4)C23)n1. The minimum absolute atomic E-state index is 0.161. The third-order valence-electron chi connectivity index (χ3n) is 4.66. The van der Waals surface area contributed by atoms with Crippen LogP contribution in [0.1, 0.15) is 19.3 Å². The summed E-state index contributed by atoms with van der Waals surface area (Å²) in [6.07, 6.45) is 4.25. The number of anilines is 2. The number of aromatic nitrogens is 3. The topological polar surface area (TPSA) is 76.7 Å². The monoisotopic (exact) mass is 251 g/mol. The van der Waals surface area contributed by atoms with Crippen LogP contribution in [0.4, 0.5) is 11.9 Å². The zero-order chi connectivity index (χ0) is 11.6. The Morgan fingerprint density at radius 2 is 1.82 bits per heavy atom. The first-order chi connectivity index (χ1) is 8.22. The van der Waals surface area contributed by atoms with Crippen molar-refractivity contribution in [2.45, 2.75) is 25.3 Å². The van der Waals surface area contributed by atoms with Crippen molar-refractivity contribution in [2.75, 3.05) is 11.1 Å². The fraction of sp³-hybridized carbons (Fsp3) is 0.727. The number of rotatable bonds is 2. The summed E-state index contributed by atoms with van der Waals surface area (Å²) in [7, 11) is 0. The Morgan fingerprint density at radius 3 is 2.47 bits per heavy atom. The van der Waals surface area contributed by atoms with Crippen LogP contribution in [0.15, 0.2) is 0 Å². The predicted molar refractivity (Wildman–Crippen MR) is 64.5 cm³/mol. The third-order valence-corrected chi connectivity index (χ3v) is 4.83. The summed E-state index contributed by atoms with van der Waals surface area (Å²) < 4.78 is 0. The van der Waals surface area contributed by atoms with E-state index in [1.807, 2.05) is 0 Å². The molecule has 2 bridgehead atoms. The van der Waals surface area contributed by atoms with E-state index >= 15 is 0 Å². The fourth-order valence-electron chi connectivity index (χ4n) is 4.10. The van der Waals surface area contributed by atoms with Gasteiger partial charge in [0.05, 0.1) is 0 Å². The van der Waals surface area contributed by atoms with Gasteiger partial charge in [0, 0.05) is 6.04 Å². The van der Waals surface area contributed by atoms with Crippen molar-refractivity contribution in [1.29, 1.82) is 0 Å². The Hall–Kier alpha value is -1.10. The van der Waals surface area contributed by atoms with Gasteiger partial charge in [0.1, 0.15) is 0 Å². The van der Waals surface area contributed by atoms with Crippen LogP contribution in [0.25, 0.3) is 0 Å². The molecule has 1 aromatic rings. The molecule has 90 valence electrons. The maximum Gasteiger partial charge on any atom is 0.229 e. The summed E-state index contributed by atoms with van der Waals surface area (Å²) in [6, 6.07) is 0.541. The molecule has 3 saturated carbocycles. The first-order valence-electron chi connectivity index (χ1n) is 6.16. The number of hydrogen-bond acceptors (Lipinski definition) is 5. The lowest BCUT2D eigenvalue weighted by atomic mass is 10.0. The van der Waals surface area contributed by atoms with E-state index in [1.54, 1.807) is 0 Å². The molecular weight excluding hydrogens is 238 g/mol. The highest BCUT2D eigenvalue weighted by molar-refractivity contribution is 6.28. The van der Waals surface area contributed by atoms with E-state index in [1.165, 1.54) is 19.3 Å². The number of nitrogens with one attached hydrogen (secondary N) is 1. The van der Waals surface area contributed by atoms with Crippen molar-refractivity contribution in [3.63, 3.8) is 0 Å². The Labute approximate surface area is 104 Å². The summed E-state index contributed by atoms with van der Waals surface area (Å²) in [6.45, 7) is 0. The minimum Gasteiger partial charge on any atom is -0.368 e. The number of nitrogens with two attached hydrogens (primary N) is 1. The minimum atomic E-state index is 0.161. The number of hydrogen-bond donors (Lipinski definition) is 2. The molecule has 1 heterocycles. The zero-order valence-corrected chi connectivity index (χ0v) is 10.1. The summed E-state index contributed by atoms with van der Waals surface area (Å²) in [5.41, 5.74) is 5.55. The molecule has 0 saturated heterocycles. The molecule has 6 heteroatoms. The van der Waals surface area contributed by atoms with E-state index in [0.29, 0.717) is 12.0 Å². The van der Waals surface area contributed by atoms with E-state index < -0.39 is 0 Å². The number of fused-ring (bicyclic) bond motifs is 5. The highest BCUT2D eigenvalue weighted by Gasteiger charge is 2.65. The van der Waals surface area contributed by atoms with Crippen LogP contribution < -0.4 is 11.1 Å². The average Bonchev–Trinajstić information content (AvgIpc) is 2.69. The quantitative estimate of drug-likeness (QED) is 0.834. The molecule has 0 aliphatic heterocycles. The molecule has 3 aliphatic rings. The van der Waals surface area contributed by atoms with Crippen molar-refractivity contribution < 1.29 is 0 Å². The maximum atomic E-state index is 5.76. The molecule has 3 N–H and O–H groups in total. The lowest BCUT2D eigenvalue weighted by Crippen LogP contribution is -2.15. The molecular formula is C11H14ClN5.